The van der Waals surface area contributed by atoms with Crippen molar-refractivity contribution in [2.24, 2.45) is 5.73 Å². The third-order valence-corrected chi connectivity index (χ3v) is 1.90. The molecule has 1 unspecified atom stereocenters. The molecular weight excluding hydrogens is 138 g/mol. The Bertz CT molecular complexity index is 112. The van der Waals surface area contributed by atoms with Crippen molar-refractivity contribution in [3.8, 4) is 0 Å². The lowest BCUT2D eigenvalue weighted by atomic mass is 10.2. The van der Waals surface area contributed by atoms with E-state index in [2.05, 4.69) is 9.44 Å². The van der Waals surface area contributed by atoms with E-state index in [4.69, 9.17) is 5.73 Å². The molecule has 1 atom stereocenters. The van der Waals surface area contributed by atoms with Crippen molar-refractivity contribution in [1.82, 2.24) is 9.44 Å². The number of carbonyl (C=O) groups excluding carboxylic acids is 1. The highest BCUT2D eigenvalue weighted by Gasteiger charge is 2.17. The van der Waals surface area contributed by atoms with E-state index in [1.165, 1.54) is 12.1 Å². The molecular formula is C4H9N3OS. The quantitative estimate of drug-likeness (QED) is 0.416. The van der Waals surface area contributed by atoms with Gasteiger partial charge in [-0.05, 0) is 6.42 Å². The fourth-order valence-electron chi connectivity index (χ4n) is 0.626. The molecule has 52 valence electrons. The van der Waals surface area contributed by atoms with Gasteiger partial charge >= 0.3 is 0 Å². The predicted molar refractivity (Wildman–Crippen MR) is 36.3 cm³/mol. The molecule has 0 aromatic carbocycles. The smallest absolute Gasteiger partial charge is 0.235 e. The Balaban J connectivity index is 2.31. The van der Waals surface area contributed by atoms with Gasteiger partial charge in [0.05, 0.1) is 6.04 Å². The summed E-state index contributed by atoms with van der Waals surface area (Å²) in [6, 6.07) is -0.156. The van der Waals surface area contributed by atoms with Gasteiger partial charge in [0, 0.05) is 18.7 Å². The molecule has 9 heavy (non-hydrogen) atoms. The van der Waals surface area contributed by atoms with Crippen molar-refractivity contribution >= 4 is 18.0 Å². The summed E-state index contributed by atoms with van der Waals surface area (Å²) in [4.78, 5) is 10.5. The molecule has 0 aromatic rings. The average Bonchev–Trinajstić information content (AvgIpc) is 1.90. The maximum Gasteiger partial charge on any atom is 0.235 e. The predicted octanol–water partition coefficient (Wildman–Crippen LogP) is -1.01. The molecule has 1 heterocycles. The minimum absolute atomic E-state index is 0.156. The maximum absolute atomic E-state index is 10.5. The van der Waals surface area contributed by atoms with Crippen molar-refractivity contribution in [2.45, 2.75) is 12.5 Å². The minimum Gasteiger partial charge on any atom is -0.368 e. The molecule has 0 spiro atoms. The average molecular weight is 147 g/mol. The van der Waals surface area contributed by atoms with Crippen LogP contribution in [0, 0.1) is 0 Å². The molecule has 1 saturated heterocycles. The highest BCUT2D eigenvalue weighted by Crippen LogP contribution is 2.01. The second-order valence-corrected chi connectivity index (χ2v) is 2.59. The largest absolute Gasteiger partial charge is 0.368 e. The number of carbonyl (C=O) groups is 1. The molecule has 5 heteroatoms. The molecule has 1 rings (SSSR count). The lowest BCUT2D eigenvalue weighted by molar-refractivity contribution is -0.119. The van der Waals surface area contributed by atoms with Crippen LogP contribution in [-0.2, 0) is 4.79 Å². The van der Waals surface area contributed by atoms with Crippen molar-refractivity contribution < 1.29 is 4.79 Å². The molecule has 1 aliphatic heterocycles. The monoisotopic (exact) mass is 147 g/mol. The molecule has 1 amide bonds. The topological polar surface area (TPSA) is 67.2 Å². The van der Waals surface area contributed by atoms with E-state index >= 15 is 0 Å². The zero-order chi connectivity index (χ0) is 6.69. The molecule has 1 fully saturated rings. The van der Waals surface area contributed by atoms with Gasteiger partial charge in [0.15, 0.2) is 0 Å². The van der Waals surface area contributed by atoms with Gasteiger partial charge in [-0.1, -0.05) is 0 Å². The Morgan fingerprint density at radius 3 is 2.89 bits per heavy atom. The van der Waals surface area contributed by atoms with E-state index < -0.39 is 0 Å². The van der Waals surface area contributed by atoms with Crippen molar-refractivity contribution in [3.05, 3.63) is 0 Å². The Morgan fingerprint density at radius 2 is 2.56 bits per heavy atom. The summed E-state index contributed by atoms with van der Waals surface area (Å²) in [6.45, 7) is 0.839. The van der Waals surface area contributed by atoms with Crippen LogP contribution in [0.2, 0.25) is 0 Å². The van der Waals surface area contributed by atoms with E-state index in [9.17, 15) is 4.79 Å². The zero-order valence-corrected chi connectivity index (χ0v) is 5.70. The van der Waals surface area contributed by atoms with Gasteiger partial charge in [0.1, 0.15) is 0 Å². The second kappa shape index (κ2) is 3.05. The van der Waals surface area contributed by atoms with Gasteiger partial charge in [-0.25, -0.2) is 4.72 Å². The van der Waals surface area contributed by atoms with E-state index in [-0.39, 0.29) is 11.9 Å². The summed E-state index contributed by atoms with van der Waals surface area (Å²) < 4.78 is 5.82. The lowest BCUT2D eigenvalue weighted by Crippen LogP contribution is -2.44. The third kappa shape index (κ3) is 1.85. The number of hydrogen-bond donors (Lipinski definition) is 3. The summed E-state index contributed by atoms with van der Waals surface area (Å²) in [7, 11) is 0. The normalized spacial score (nSPS) is 27.8. The van der Waals surface area contributed by atoms with Gasteiger partial charge in [-0.2, -0.15) is 0 Å². The second-order valence-electron chi connectivity index (χ2n) is 1.86. The first-order valence-electron chi connectivity index (χ1n) is 2.74. The highest BCUT2D eigenvalue weighted by molar-refractivity contribution is 7.95. The van der Waals surface area contributed by atoms with Gasteiger partial charge in [-0.15, -0.1) is 0 Å². The Kier molecular flexibility index (Phi) is 2.32. The fraction of sp³-hybridized carbons (Fsp3) is 0.750. The number of nitrogens with two attached hydrogens (primary N) is 1. The summed E-state index contributed by atoms with van der Waals surface area (Å²) in [5.74, 6) is -0.274. The number of hydrogen-bond acceptors (Lipinski definition) is 4. The zero-order valence-electron chi connectivity index (χ0n) is 4.89. The molecule has 0 bridgehead atoms. The molecule has 1 aliphatic rings. The van der Waals surface area contributed by atoms with Crippen molar-refractivity contribution in [1.29, 1.82) is 0 Å². The minimum atomic E-state index is -0.274. The molecule has 0 radical (unpaired) electrons. The first-order chi connectivity index (χ1) is 4.30. The first-order valence-corrected chi connectivity index (χ1v) is 3.56. The molecule has 4 N–H and O–H groups in total. The number of rotatable bonds is 1. The van der Waals surface area contributed by atoms with Gasteiger partial charge in [-0.3, -0.25) is 9.52 Å². The summed E-state index contributed by atoms with van der Waals surface area (Å²) in [6.07, 6.45) is 0.780. The van der Waals surface area contributed by atoms with Crippen molar-refractivity contribution in [3.63, 3.8) is 0 Å². The molecule has 4 nitrogen and oxygen atoms in total. The summed E-state index contributed by atoms with van der Waals surface area (Å²) in [5, 5.41) is 0. The maximum atomic E-state index is 10.5. The standard InChI is InChI=1S/C4H9N3OS/c5-4(8)3-1-2-6-9-7-3/h3,6-7H,1-2H2,(H2,5,8). The summed E-state index contributed by atoms with van der Waals surface area (Å²) >= 11 is 1.33. The molecule has 0 aliphatic carbocycles. The van der Waals surface area contributed by atoms with E-state index in [1.807, 2.05) is 0 Å². The van der Waals surface area contributed by atoms with E-state index in [0.29, 0.717) is 0 Å². The third-order valence-electron chi connectivity index (χ3n) is 1.15. The van der Waals surface area contributed by atoms with Crippen LogP contribution in [0.4, 0.5) is 0 Å². The van der Waals surface area contributed by atoms with Gasteiger partial charge in [0.2, 0.25) is 5.91 Å². The number of primary amides is 1. The van der Waals surface area contributed by atoms with Crippen LogP contribution in [0.5, 0.6) is 0 Å². The SMILES string of the molecule is NC(=O)C1CCNSN1. The highest BCUT2D eigenvalue weighted by atomic mass is 32.2. The Hall–Kier alpha value is -0.260. The van der Waals surface area contributed by atoms with Crippen LogP contribution >= 0.6 is 12.1 Å². The van der Waals surface area contributed by atoms with Crippen LogP contribution in [0.1, 0.15) is 6.42 Å². The van der Waals surface area contributed by atoms with Crippen LogP contribution in [0.25, 0.3) is 0 Å². The van der Waals surface area contributed by atoms with Crippen LogP contribution in [-0.4, -0.2) is 18.5 Å². The molecule has 0 saturated carbocycles. The fourth-order valence-corrected chi connectivity index (χ4v) is 1.31. The summed E-state index contributed by atoms with van der Waals surface area (Å²) in [5.41, 5.74) is 5.02. The first kappa shape index (κ1) is 6.85. The number of amides is 1. The molecule has 0 aromatic heterocycles. The van der Waals surface area contributed by atoms with Crippen LogP contribution in [0.15, 0.2) is 0 Å². The Labute approximate surface area is 57.8 Å². The van der Waals surface area contributed by atoms with Crippen LogP contribution < -0.4 is 15.2 Å². The number of nitrogens with one attached hydrogen (secondary N) is 2. The van der Waals surface area contributed by atoms with Gasteiger partial charge < -0.3 is 5.73 Å². The van der Waals surface area contributed by atoms with Crippen LogP contribution in [0.3, 0.4) is 0 Å². The van der Waals surface area contributed by atoms with E-state index in [1.54, 1.807) is 0 Å². The van der Waals surface area contributed by atoms with Crippen molar-refractivity contribution in [2.75, 3.05) is 6.54 Å². The Morgan fingerprint density at radius 1 is 1.78 bits per heavy atom. The van der Waals surface area contributed by atoms with E-state index in [0.717, 1.165) is 13.0 Å². The van der Waals surface area contributed by atoms with Gasteiger partial charge in [0.25, 0.3) is 0 Å². The lowest BCUT2D eigenvalue weighted by Gasteiger charge is -2.19.